The monoisotopic (exact) mass is 226 g/mol. The summed E-state index contributed by atoms with van der Waals surface area (Å²) in [5.41, 5.74) is 0.987. The van der Waals surface area contributed by atoms with Gasteiger partial charge in [0.2, 0.25) is 0 Å². The first-order valence-corrected chi connectivity index (χ1v) is 5.62. The summed E-state index contributed by atoms with van der Waals surface area (Å²) in [7, 11) is 0. The zero-order valence-corrected chi connectivity index (χ0v) is 9.37. The third-order valence-corrected chi connectivity index (χ3v) is 2.69. The molecule has 1 aromatic rings. The van der Waals surface area contributed by atoms with E-state index in [9.17, 15) is 0 Å². The normalized spacial score (nSPS) is 18.7. The average Bonchev–Trinajstić information content (AvgIpc) is 2.50. The fourth-order valence-corrected chi connectivity index (χ4v) is 1.81. The van der Waals surface area contributed by atoms with Crippen LogP contribution >= 0.6 is 11.6 Å². The molecule has 1 fully saturated rings. The van der Waals surface area contributed by atoms with E-state index in [1.165, 1.54) is 6.42 Å². The van der Waals surface area contributed by atoms with E-state index in [0.717, 1.165) is 38.4 Å². The highest BCUT2D eigenvalue weighted by atomic mass is 35.5. The lowest BCUT2D eigenvalue weighted by atomic mass is 10.3. The average molecular weight is 227 g/mol. The van der Waals surface area contributed by atoms with E-state index in [1.807, 2.05) is 0 Å². The zero-order chi connectivity index (χ0) is 10.5. The number of hydrogen-bond donors (Lipinski definition) is 1. The van der Waals surface area contributed by atoms with Gasteiger partial charge in [0.25, 0.3) is 0 Å². The molecule has 0 spiro atoms. The Labute approximate surface area is 94.7 Å². The van der Waals surface area contributed by atoms with Crippen molar-refractivity contribution < 1.29 is 0 Å². The van der Waals surface area contributed by atoms with Gasteiger partial charge in [-0.15, -0.1) is 0 Å². The van der Waals surface area contributed by atoms with Gasteiger partial charge in [0.05, 0.1) is 18.1 Å². The van der Waals surface area contributed by atoms with Gasteiger partial charge in [-0.25, -0.2) is 4.98 Å². The van der Waals surface area contributed by atoms with Crippen molar-refractivity contribution >= 4 is 11.6 Å². The second-order valence-corrected chi connectivity index (χ2v) is 4.10. The van der Waals surface area contributed by atoms with Crippen LogP contribution in [0.5, 0.6) is 0 Å². The van der Waals surface area contributed by atoms with Crippen molar-refractivity contribution in [2.45, 2.75) is 13.0 Å². The lowest BCUT2D eigenvalue weighted by Gasteiger charge is -2.18. The van der Waals surface area contributed by atoms with Gasteiger partial charge in [-0.3, -0.25) is 9.88 Å². The molecule has 2 heterocycles. The van der Waals surface area contributed by atoms with Crippen LogP contribution in [0.15, 0.2) is 12.4 Å². The van der Waals surface area contributed by atoms with E-state index < -0.39 is 0 Å². The van der Waals surface area contributed by atoms with Gasteiger partial charge >= 0.3 is 0 Å². The summed E-state index contributed by atoms with van der Waals surface area (Å²) in [4.78, 5) is 10.7. The quantitative estimate of drug-likeness (QED) is 0.815. The lowest BCUT2D eigenvalue weighted by Crippen LogP contribution is -2.28. The van der Waals surface area contributed by atoms with Gasteiger partial charge in [-0.05, 0) is 19.5 Å². The van der Waals surface area contributed by atoms with Crippen LogP contribution in [-0.2, 0) is 6.54 Å². The van der Waals surface area contributed by atoms with Gasteiger partial charge in [0, 0.05) is 19.6 Å². The van der Waals surface area contributed by atoms with Crippen LogP contribution in [0.3, 0.4) is 0 Å². The van der Waals surface area contributed by atoms with E-state index in [2.05, 4.69) is 20.2 Å². The summed E-state index contributed by atoms with van der Waals surface area (Å²) in [6.07, 6.45) is 4.55. The molecule has 5 heteroatoms. The van der Waals surface area contributed by atoms with Crippen LogP contribution in [0.25, 0.3) is 0 Å². The maximum absolute atomic E-state index is 5.68. The minimum absolute atomic E-state index is 0.455. The van der Waals surface area contributed by atoms with Gasteiger partial charge in [0.1, 0.15) is 5.15 Å². The van der Waals surface area contributed by atoms with Crippen molar-refractivity contribution in [1.82, 2.24) is 20.2 Å². The van der Waals surface area contributed by atoms with Gasteiger partial charge in [-0.2, -0.15) is 0 Å². The van der Waals surface area contributed by atoms with Crippen LogP contribution in [0, 0.1) is 0 Å². The fourth-order valence-electron chi connectivity index (χ4n) is 1.71. The molecule has 1 aliphatic rings. The molecule has 1 N–H and O–H groups in total. The van der Waals surface area contributed by atoms with Crippen molar-refractivity contribution in [3.8, 4) is 0 Å². The standard InChI is InChI=1S/C10H15ClN4/c11-10-7-13-9(6-14-10)8-15-4-1-2-12-3-5-15/h6-7,12H,1-5,8H2. The predicted octanol–water partition coefficient (Wildman–Crippen LogP) is 0.925. The highest BCUT2D eigenvalue weighted by Crippen LogP contribution is 2.05. The summed E-state index contributed by atoms with van der Waals surface area (Å²) in [5.74, 6) is 0. The lowest BCUT2D eigenvalue weighted by molar-refractivity contribution is 0.280. The number of halogens is 1. The first-order valence-electron chi connectivity index (χ1n) is 5.24. The third kappa shape index (κ3) is 3.41. The molecule has 1 saturated heterocycles. The Morgan fingerprint density at radius 2 is 2.20 bits per heavy atom. The maximum atomic E-state index is 5.68. The van der Waals surface area contributed by atoms with Gasteiger partial charge in [-0.1, -0.05) is 11.6 Å². The summed E-state index contributed by atoms with van der Waals surface area (Å²) >= 11 is 5.68. The molecule has 4 nitrogen and oxygen atoms in total. The van der Waals surface area contributed by atoms with Crippen molar-refractivity contribution in [3.63, 3.8) is 0 Å². The van der Waals surface area contributed by atoms with Crippen molar-refractivity contribution in [2.24, 2.45) is 0 Å². The Hall–Kier alpha value is -0.710. The molecule has 0 bridgehead atoms. The summed E-state index contributed by atoms with van der Waals surface area (Å²) in [5, 5.41) is 3.83. The minimum atomic E-state index is 0.455. The first-order chi connectivity index (χ1) is 7.34. The molecule has 1 aliphatic heterocycles. The number of aromatic nitrogens is 2. The maximum Gasteiger partial charge on any atom is 0.147 e. The Morgan fingerprint density at radius 3 is 3.00 bits per heavy atom. The van der Waals surface area contributed by atoms with Gasteiger partial charge < -0.3 is 5.32 Å². The molecule has 0 saturated carbocycles. The zero-order valence-electron chi connectivity index (χ0n) is 8.62. The molecule has 2 rings (SSSR count). The Morgan fingerprint density at radius 1 is 1.27 bits per heavy atom. The van der Waals surface area contributed by atoms with Crippen molar-refractivity contribution in [2.75, 3.05) is 26.2 Å². The Bertz CT molecular complexity index is 293. The fraction of sp³-hybridized carbons (Fsp3) is 0.600. The van der Waals surface area contributed by atoms with Crippen LogP contribution in [0.2, 0.25) is 5.15 Å². The van der Waals surface area contributed by atoms with Crippen molar-refractivity contribution in [3.05, 3.63) is 23.2 Å². The summed E-state index contributed by atoms with van der Waals surface area (Å²) in [6, 6.07) is 0. The topological polar surface area (TPSA) is 41.1 Å². The summed E-state index contributed by atoms with van der Waals surface area (Å²) in [6.45, 7) is 5.23. The molecule has 0 aliphatic carbocycles. The van der Waals surface area contributed by atoms with E-state index >= 15 is 0 Å². The third-order valence-electron chi connectivity index (χ3n) is 2.49. The molecule has 0 radical (unpaired) electrons. The summed E-state index contributed by atoms with van der Waals surface area (Å²) < 4.78 is 0. The second kappa shape index (κ2) is 5.39. The van der Waals surface area contributed by atoms with Crippen molar-refractivity contribution in [1.29, 1.82) is 0 Å². The predicted molar refractivity (Wildman–Crippen MR) is 59.8 cm³/mol. The molecule has 15 heavy (non-hydrogen) atoms. The molecule has 0 aromatic carbocycles. The van der Waals surface area contributed by atoms with Crippen LogP contribution in [0.4, 0.5) is 0 Å². The second-order valence-electron chi connectivity index (χ2n) is 3.71. The van der Waals surface area contributed by atoms with Crippen LogP contribution in [0.1, 0.15) is 12.1 Å². The van der Waals surface area contributed by atoms with E-state index in [1.54, 1.807) is 12.4 Å². The Kier molecular flexibility index (Phi) is 3.88. The number of nitrogens with zero attached hydrogens (tertiary/aromatic N) is 3. The number of hydrogen-bond acceptors (Lipinski definition) is 4. The SMILES string of the molecule is Clc1cnc(CN2CCCNCC2)cn1. The molecule has 0 amide bonds. The molecule has 0 unspecified atom stereocenters. The molecular weight excluding hydrogens is 212 g/mol. The van der Waals surface area contributed by atoms with E-state index in [-0.39, 0.29) is 0 Å². The minimum Gasteiger partial charge on any atom is -0.315 e. The molecular formula is C10H15ClN4. The largest absolute Gasteiger partial charge is 0.315 e. The van der Waals surface area contributed by atoms with E-state index in [4.69, 9.17) is 11.6 Å². The molecule has 0 atom stereocenters. The smallest absolute Gasteiger partial charge is 0.147 e. The van der Waals surface area contributed by atoms with E-state index in [0.29, 0.717) is 5.15 Å². The number of nitrogens with one attached hydrogen (secondary N) is 1. The van der Waals surface area contributed by atoms with Crippen LogP contribution < -0.4 is 5.32 Å². The van der Waals surface area contributed by atoms with Gasteiger partial charge in [0.15, 0.2) is 0 Å². The Balaban J connectivity index is 1.92. The first kappa shape index (κ1) is 10.8. The number of rotatable bonds is 2. The molecule has 1 aromatic heterocycles. The van der Waals surface area contributed by atoms with Crippen LogP contribution in [-0.4, -0.2) is 41.0 Å². The molecule has 82 valence electrons. The highest BCUT2D eigenvalue weighted by Gasteiger charge is 2.09. The highest BCUT2D eigenvalue weighted by molar-refractivity contribution is 6.29.